The molecule has 0 saturated carbocycles. The van der Waals surface area contributed by atoms with E-state index in [9.17, 15) is 4.79 Å². The van der Waals surface area contributed by atoms with Crippen molar-refractivity contribution in [1.29, 1.82) is 0 Å². The molecule has 26 heavy (non-hydrogen) atoms. The van der Waals surface area contributed by atoms with E-state index in [0.717, 1.165) is 0 Å². The second-order valence-electron chi connectivity index (χ2n) is 5.19. The number of rotatable bonds is 5. The summed E-state index contributed by atoms with van der Waals surface area (Å²) in [6.07, 6.45) is 6.71. The van der Waals surface area contributed by atoms with Crippen molar-refractivity contribution < 1.29 is 9.47 Å². The number of nitrogens with zero attached hydrogens (tertiary/aromatic N) is 3. The number of benzene rings is 1. The molecular formula is C18H14ClN3O3S. The molecule has 2 heterocycles. The number of fused-ring (bicyclic) bond motifs is 1. The van der Waals surface area contributed by atoms with E-state index in [1.807, 2.05) is 5.38 Å². The van der Waals surface area contributed by atoms with Crippen LogP contribution in [0.25, 0.3) is 10.2 Å². The maximum absolute atomic E-state index is 12.5. The average molecular weight is 388 g/mol. The highest BCUT2D eigenvalue weighted by molar-refractivity contribution is 7.16. The Bertz CT molecular complexity index is 1100. The fourth-order valence-electron chi connectivity index (χ4n) is 2.33. The van der Waals surface area contributed by atoms with Gasteiger partial charge in [-0.05, 0) is 36.1 Å². The summed E-state index contributed by atoms with van der Waals surface area (Å²) in [6, 6.07) is 5.08. The zero-order valence-electron chi connectivity index (χ0n) is 14.0. The molecule has 0 amide bonds. The third-order valence-electron chi connectivity index (χ3n) is 3.51. The Labute approximate surface area is 158 Å². The van der Waals surface area contributed by atoms with Gasteiger partial charge < -0.3 is 9.47 Å². The van der Waals surface area contributed by atoms with Crippen LogP contribution in [0.2, 0.25) is 5.02 Å². The fraction of sp³-hybridized carbons (Fsp3) is 0.167. The molecule has 0 fully saturated rings. The van der Waals surface area contributed by atoms with Crippen molar-refractivity contribution in [2.45, 2.75) is 6.92 Å². The number of aryl methyl sites for hydroxylation is 1. The number of terminal acetylenes is 1. The monoisotopic (exact) mass is 387 g/mol. The lowest BCUT2D eigenvalue weighted by molar-refractivity contribution is 0.331. The van der Waals surface area contributed by atoms with E-state index in [0.29, 0.717) is 38.1 Å². The van der Waals surface area contributed by atoms with Gasteiger partial charge in [0, 0.05) is 0 Å². The Kier molecular flexibility index (Phi) is 5.26. The molecule has 0 bridgehead atoms. The average Bonchev–Trinajstić information content (AvgIpc) is 3.08. The Hall–Kier alpha value is -2.82. The maximum atomic E-state index is 12.5. The molecule has 0 aliphatic heterocycles. The molecule has 2 aromatic heterocycles. The maximum Gasteiger partial charge on any atom is 0.282 e. The van der Waals surface area contributed by atoms with E-state index in [-0.39, 0.29) is 12.2 Å². The minimum Gasteiger partial charge on any atom is -0.493 e. The smallest absolute Gasteiger partial charge is 0.282 e. The molecular weight excluding hydrogens is 374 g/mol. The predicted octanol–water partition coefficient (Wildman–Crippen LogP) is 3.32. The van der Waals surface area contributed by atoms with Crippen LogP contribution >= 0.6 is 22.9 Å². The largest absolute Gasteiger partial charge is 0.493 e. The van der Waals surface area contributed by atoms with Crippen LogP contribution in [-0.4, -0.2) is 29.6 Å². The normalized spacial score (nSPS) is 11.0. The molecule has 6 nitrogen and oxygen atoms in total. The highest BCUT2D eigenvalue weighted by Gasteiger charge is 2.12. The Morgan fingerprint density at radius 3 is 3.04 bits per heavy atom. The second-order valence-corrected chi connectivity index (χ2v) is 6.49. The zero-order chi connectivity index (χ0) is 18.7. The van der Waals surface area contributed by atoms with Gasteiger partial charge >= 0.3 is 0 Å². The number of ether oxygens (including phenoxy) is 2. The second kappa shape index (κ2) is 7.60. The standard InChI is InChI=1S/C18H14ClN3O3S/c1-4-6-25-16-14(19)8-12(9-15(16)24-3)10-20-22-11(2)21-17-13(18(22)23)5-7-26-17/h1,5,7-10H,6H2,2-3H3. The molecule has 0 N–H and O–H groups in total. The summed E-state index contributed by atoms with van der Waals surface area (Å²) >= 11 is 7.66. The Morgan fingerprint density at radius 1 is 1.50 bits per heavy atom. The van der Waals surface area contributed by atoms with Gasteiger partial charge in [0.15, 0.2) is 11.5 Å². The molecule has 0 aliphatic rings. The molecule has 0 saturated heterocycles. The van der Waals surface area contributed by atoms with Gasteiger partial charge in [-0.1, -0.05) is 17.5 Å². The van der Waals surface area contributed by atoms with Gasteiger partial charge in [0.1, 0.15) is 17.3 Å². The Morgan fingerprint density at radius 2 is 2.31 bits per heavy atom. The minimum absolute atomic E-state index is 0.0738. The third-order valence-corrected chi connectivity index (χ3v) is 4.60. The van der Waals surface area contributed by atoms with Crippen LogP contribution in [0.4, 0.5) is 0 Å². The fourth-order valence-corrected chi connectivity index (χ4v) is 3.41. The van der Waals surface area contributed by atoms with Gasteiger partial charge in [0.05, 0.1) is 23.7 Å². The van der Waals surface area contributed by atoms with Crippen LogP contribution in [0.1, 0.15) is 11.4 Å². The summed E-state index contributed by atoms with van der Waals surface area (Å²) in [7, 11) is 1.50. The van der Waals surface area contributed by atoms with Crippen molar-refractivity contribution in [3.8, 4) is 23.8 Å². The lowest BCUT2D eigenvalue weighted by Crippen LogP contribution is -2.19. The lowest BCUT2D eigenvalue weighted by Gasteiger charge is -2.11. The first-order valence-corrected chi connectivity index (χ1v) is 8.76. The first-order chi connectivity index (χ1) is 12.5. The van der Waals surface area contributed by atoms with Gasteiger partial charge in [-0.3, -0.25) is 4.79 Å². The molecule has 8 heteroatoms. The molecule has 0 aliphatic carbocycles. The number of halogens is 1. The predicted molar refractivity (Wildman–Crippen MR) is 104 cm³/mol. The SMILES string of the molecule is C#CCOc1c(Cl)cc(C=Nn2c(C)nc3sccc3c2=O)cc1OC. The van der Waals surface area contributed by atoms with Gasteiger partial charge in [0.2, 0.25) is 0 Å². The Balaban J connectivity index is 2.00. The van der Waals surface area contributed by atoms with Crippen LogP contribution in [-0.2, 0) is 0 Å². The van der Waals surface area contributed by atoms with E-state index in [1.165, 1.54) is 29.3 Å². The first-order valence-electron chi connectivity index (χ1n) is 7.50. The summed E-state index contributed by atoms with van der Waals surface area (Å²) in [5, 5.41) is 6.94. The zero-order valence-corrected chi connectivity index (χ0v) is 15.6. The first kappa shape index (κ1) is 18.0. The molecule has 3 aromatic rings. The number of aromatic nitrogens is 2. The molecule has 0 atom stereocenters. The summed E-state index contributed by atoms with van der Waals surface area (Å²) in [5.41, 5.74) is 0.411. The van der Waals surface area contributed by atoms with Crippen LogP contribution in [0.15, 0.2) is 33.5 Å². The summed E-state index contributed by atoms with van der Waals surface area (Å²) in [5.74, 6) is 3.65. The quantitative estimate of drug-likeness (QED) is 0.497. The highest BCUT2D eigenvalue weighted by Crippen LogP contribution is 2.36. The summed E-state index contributed by atoms with van der Waals surface area (Å²) in [6.45, 7) is 1.80. The van der Waals surface area contributed by atoms with Crippen LogP contribution < -0.4 is 15.0 Å². The number of methoxy groups -OCH3 is 1. The highest BCUT2D eigenvalue weighted by atomic mass is 35.5. The van der Waals surface area contributed by atoms with Crippen LogP contribution in [0.5, 0.6) is 11.5 Å². The van der Waals surface area contributed by atoms with E-state index in [2.05, 4.69) is 16.0 Å². The number of thiophene rings is 1. The van der Waals surface area contributed by atoms with Gasteiger partial charge in [-0.15, -0.1) is 17.8 Å². The lowest BCUT2D eigenvalue weighted by atomic mass is 10.2. The van der Waals surface area contributed by atoms with Gasteiger partial charge in [-0.2, -0.15) is 9.78 Å². The molecule has 1 aromatic carbocycles. The van der Waals surface area contributed by atoms with Crippen molar-refractivity contribution in [3.05, 3.63) is 50.3 Å². The van der Waals surface area contributed by atoms with E-state index >= 15 is 0 Å². The summed E-state index contributed by atoms with van der Waals surface area (Å²) < 4.78 is 11.9. The van der Waals surface area contributed by atoms with Crippen molar-refractivity contribution in [3.63, 3.8) is 0 Å². The molecule has 132 valence electrons. The molecule has 0 radical (unpaired) electrons. The molecule has 0 spiro atoms. The van der Waals surface area contributed by atoms with Crippen molar-refractivity contribution in [2.24, 2.45) is 5.10 Å². The van der Waals surface area contributed by atoms with Crippen LogP contribution in [0, 0.1) is 19.3 Å². The van der Waals surface area contributed by atoms with Crippen LogP contribution in [0.3, 0.4) is 0 Å². The van der Waals surface area contributed by atoms with E-state index in [4.69, 9.17) is 27.5 Å². The molecule has 3 rings (SSSR count). The minimum atomic E-state index is -0.225. The van der Waals surface area contributed by atoms with E-state index < -0.39 is 0 Å². The van der Waals surface area contributed by atoms with Crippen molar-refractivity contribution in [2.75, 3.05) is 13.7 Å². The van der Waals surface area contributed by atoms with Crippen molar-refractivity contribution in [1.82, 2.24) is 9.66 Å². The molecule has 0 unspecified atom stereocenters. The van der Waals surface area contributed by atoms with Crippen molar-refractivity contribution >= 4 is 39.4 Å². The van der Waals surface area contributed by atoms with E-state index in [1.54, 1.807) is 25.1 Å². The van der Waals surface area contributed by atoms with Gasteiger partial charge in [-0.25, -0.2) is 4.98 Å². The number of hydrogen-bond donors (Lipinski definition) is 0. The topological polar surface area (TPSA) is 65.7 Å². The number of hydrogen-bond acceptors (Lipinski definition) is 6. The van der Waals surface area contributed by atoms with Gasteiger partial charge in [0.25, 0.3) is 5.56 Å². The third kappa shape index (κ3) is 3.43. The summed E-state index contributed by atoms with van der Waals surface area (Å²) in [4.78, 5) is 17.6.